The van der Waals surface area contributed by atoms with Crippen LogP contribution < -0.4 is 5.32 Å². The van der Waals surface area contributed by atoms with Gasteiger partial charge in [-0.05, 0) is 51.3 Å². The smallest absolute Gasteiger partial charge is 0.322 e. The molecule has 0 aliphatic rings. The zero-order chi connectivity index (χ0) is 13.7. The molecule has 0 aliphatic heterocycles. The molecule has 0 saturated carbocycles. The van der Waals surface area contributed by atoms with Gasteiger partial charge in [0.2, 0.25) is 0 Å². The van der Waals surface area contributed by atoms with E-state index in [9.17, 15) is 4.79 Å². The average Bonchev–Trinajstić information content (AvgIpc) is 2.32. The lowest BCUT2D eigenvalue weighted by atomic mass is 10.0. The van der Waals surface area contributed by atoms with E-state index in [2.05, 4.69) is 44.3 Å². The predicted molar refractivity (Wildman–Crippen MR) is 73.6 cm³/mol. The molecule has 0 radical (unpaired) electrons. The molecule has 2 atom stereocenters. The second-order valence-corrected chi connectivity index (χ2v) is 4.71. The van der Waals surface area contributed by atoms with Gasteiger partial charge in [-0.25, -0.2) is 0 Å². The van der Waals surface area contributed by atoms with Gasteiger partial charge in [-0.15, -0.1) is 0 Å². The Hall–Kier alpha value is -1.35. The van der Waals surface area contributed by atoms with E-state index in [0.29, 0.717) is 6.61 Å². The van der Waals surface area contributed by atoms with E-state index in [4.69, 9.17) is 4.74 Å². The first-order valence-electron chi connectivity index (χ1n) is 6.45. The van der Waals surface area contributed by atoms with Gasteiger partial charge < -0.3 is 4.74 Å². The number of carbonyl (C=O) groups is 1. The number of carbonyl (C=O) groups excluding carboxylic acids is 1. The third kappa shape index (κ3) is 3.84. The molecule has 3 heteroatoms. The first-order valence-corrected chi connectivity index (χ1v) is 6.45. The van der Waals surface area contributed by atoms with Crippen LogP contribution in [0.1, 0.15) is 43.5 Å². The van der Waals surface area contributed by atoms with Crippen LogP contribution in [0.2, 0.25) is 0 Å². The summed E-state index contributed by atoms with van der Waals surface area (Å²) in [6.07, 6.45) is 0. The van der Waals surface area contributed by atoms with Gasteiger partial charge in [-0.1, -0.05) is 18.2 Å². The molecule has 1 aromatic carbocycles. The van der Waals surface area contributed by atoms with E-state index >= 15 is 0 Å². The number of hydrogen-bond acceptors (Lipinski definition) is 3. The third-order valence-corrected chi connectivity index (χ3v) is 3.17. The molecule has 3 nitrogen and oxygen atoms in total. The van der Waals surface area contributed by atoms with Crippen molar-refractivity contribution in [1.29, 1.82) is 0 Å². The van der Waals surface area contributed by atoms with Crippen molar-refractivity contribution in [2.75, 3.05) is 6.61 Å². The highest BCUT2D eigenvalue weighted by Crippen LogP contribution is 2.17. The molecule has 1 aromatic rings. The maximum absolute atomic E-state index is 11.5. The van der Waals surface area contributed by atoms with Gasteiger partial charge in [0.25, 0.3) is 0 Å². The molecule has 0 amide bonds. The number of aryl methyl sites for hydroxylation is 2. The summed E-state index contributed by atoms with van der Waals surface area (Å²) in [6.45, 7) is 10.3. The second-order valence-electron chi connectivity index (χ2n) is 4.71. The summed E-state index contributed by atoms with van der Waals surface area (Å²) in [5, 5.41) is 3.25. The molecule has 18 heavy (non-hydrogen) atoms. The van der Waals surface area contributed by atoms with Crippen LogP contribution in [0, 0.1) is 13.8 Å². The van der Waals surface area contributed by atoms with Gasteiger partial charge in [0.1, 0.15) is 6.04 Å². The lowest BCUT2D eigenvalue weighted by molar-refractivity contribution is -0.145. The summed E-state index contributed by atoms with van der Waals surface area (Å²) >= 11 is 0. The van der Waals surface area contributed by atoms with Crippen LogP contribution in [-0.2, 0) is 9.53 Å². The van der Waals surface area contributed by atoms with E-state index in [-0.39, 0.29) is 18.1 Å². The molecule has 1 rings (SSSR count). The Bertz CT molecular complexity index is 415. The summed E-state index contributed by atoms with van der Waals surface area (Å²) in [6, 6.07) is 6.20. The Morgan fingerprint density at radius 2 is 1.94 bits per heavy atom. The first kappa shape index (κ1) is 14.7. The number of hydrogen-bond donors (Lipinski definition) is 1. The van der Waals surface area contributed by atoms with Crippen LogP contribution in [0.3, 0.4) is 0 Å². The Balaban J connectivity index is 2.67. The van der Waals surface area contributed by atoms with Gasteiger partial charge in [0.15, 0.2) is 0 Å². The van der Waals surface area contributed by atoms with Crippen molar-refractivity contribution in [2.24, 2.45) is 0 Å². The standard InChI is InChI=1S/C15H23NO2/c1-6-18-15(17)13(5)16-12(4)14-8-7-10(2)11(3)9-14/h7-9,12-13,16H,6H2,1-5H3. The second kappa shape index (κ2) is 6.55. The first-order chi connectivity index (χ1) is 8.45. The van der Waals surface area contributed by atoms with Crippen molar-refractivity contribution in [3.8, 4) is 0 Å². The van der Waals surface area contributed by atoms with Crippen molar-refractivity contribution >= 4 is 5.97 Å². The fourth-order valence-electron chi connectivity index (χ4n) is 1.84. The fourth-order valence-corrected chi connectivity index (χ4v) is 1.84. The Morgan fingerprint density at radius 3 is 2.50 bits per heavy atom. The molecule has 2 unspecified atom stereocenters. The topological polar surface area (TPSA) is 38.3 Å². The normalized spacial score (nSPS) is 14.1. The minimum atomic E-state index is -0.290. The molecule has 0 saturated heterocycles. The molecule has 0 fully saturated rings. The number of rotatable bonds is 5. The van der Waals surface area contributed by atoms with E-state index in [1.165, 1.54) is 16.7 Å². The number of esters is 1. The minimum Gasteiger partial charge on any atom is -0.465 e. The largest absolute Gasteiger partial charge is 0.465 e. The number of nitrogens with one attached hydrogen (secondary N) is 1. The highest BCUT2D eigenvalue weighted by Gasteiger charge is 2.17. The third-order valence-electron chi connectivity index (χ3n) is 3.17. The molecular formula is C15H23NO2. The fraction of sp³-hybridized carbons (Fsp3) is 0.533. The zero-order valence-corrected chi connectivity index (χ0v) is 11.9. The van der Waals surface area contributed by atoms with Crippen LogP contribution in [-0.4, -0.2) is 18.6 Å². The Labute approximate surface area is 110 Å². The minimum absolute atomic E-state index is 0.128. The van der Waals surface area contributed by atoms with E-state index in [0.717, 1.165) is 0 Å². The van der Waals surface area contributed by atoms with Crippen LogP contribution >= 0.6 is 0 Å². The lowest BCUT2D eigenvalue weighted by Crippen LogP contribution is -2.37. The van der Waals surface area contributed by atoms with Crippen molar-refractivity contribution in [1.82, 2.24) is 5.32 Å². The highest BCUT2D eigenvalue weighted by molar-refractivity contribution is 5.75. The monoisotopic (exact) mass is 249 g/mol. The summed E-state index contributed by atoms with van der Waals surface area (Å²) < 4.78 is 4.98. The van der Waals surface area contributed by atoms with Crippen LogP contribution in [0.5, 0.6) is 0 Å². The summed E-state index contributed by atoms with van der Waals surface area (Å²) in [5.41, 5.74) is 3.74. The molecule has 0 spiro atoms. The Kier molecular flexibility index (Phi) is 5.35. The predicted octanol–water partition coefficient (Wildman–Crippen LogP) is 2.91. The van der Waals surface area contributed by atoms with Crippen molar-refractivity contribution in [3.63, 3.8) is 0 Å². The maximum Gasteiger partial charge on any atom is 0.322 e. The summed E-state index contributed by atoms with van der Waals surface area (Å²) in [5.74, 6) is -0.201. The molecule has 1 N–H and O–H groups in total. The SMILES string of the molecule is CCOC(=O)C(C)NC(C)c1ccc(C)c(C)c1. The molecule has 0 aliphatic carbocycles. The van der Waals surface area contributed by atoms with Crippen molar-refractivity contribution in [2.45, 2.75) is 46.7 Å². The van der Waals surface area contributed by atoms with Crippen molar-refractivity contribution < 1.29 is 9.53 Å². The van der Waals surface area contributed by atoms with Crippen LogP contribution in [0.15, 0.2) is 18.2 Å². The molecule has 0 aromatic heterocycles. The van der Waals surface area contributed by atoms with Gasteiger partial charge >= 0.3 is 5.97 Å². The van der Waals surface area contributed by atoms with Crippen molar-refractivity contribution in [3.05, 3.63) is 34.9 Å². The lowest BCUT2D eigenvalue weighted by Gasteiger charge is -2.19. The van der Waals surface area contributed by atoms with Crippen LogP contribution in [0.4, 0.5) is 0 Å². The summed E-state index contributed by atoms with van der Waals surface area (Å²) in [4.78, 5) is 11.5. The van der Waals surface area contributed by atoms with Gasteiger partial charge in [-0.3, -0.25) is 10.1 Å². The summed E-state index contributed by atoms with van der Waals surface area (Å²) in [7, 11) is 0. The highest BCUT2D eigenvalue weighted by atomic mass is 16.5. The molecule has 0 bridgehead atoms. The molecular weight excluding hydrogens is 226 g/mol. The van der Waals surface area contributed by atoms with E-state index < -0.39 is 0 Å². The average molecular weight is 249 g/mol. The van der Waals surface area contributed by atoms with Crippen LogP contribution in [0.25, 0.3) is 0 Å². The number of ether oxygens (including phenoxy) is 1. The van der Waals surface area contributed by atoms with Gasteiger partial charge in [-0.2, -0.15) is 0 Å². The number of benzene rings is 1. The zero-order valence-electron chi connectivity index (χ0n) is 11.9. The van der Waals surface area contributed by atoms with Gasteiger partial charge in [0.05, 0.1) is 6.61 Å². The maximum atomic E-state index is 11.5. The van der Waals surface area contributed by atoms with Gasteiger partial charge in [0, 0.05) is 6.04 Å². The molecule has 0 heterocycles. The quantitative estimate of drug-likeness (QED) is 0.815. The van der Waals surface area contributed by atoms with E-state index in [1.54, 1.807) is 0 Å². The van der Waals surface area contributed by atoms with E-state index in [1.807, 2.05) is 13.8 Å². The molecule has 100 valence electrons. The Morgan fingerprint density at radius 1 is 1.28 bits per heavy atom.